The Kier molecular flexibility index (Phi) is 4.02. The van der Waals surface area contributed by atoms with Gasteiger partial charge in [0.25, 0.3) is 0 Å². The van der Waals surface area contributed by atoms with E-state index in [1.165, 1.54) is 7.11 Å². The summed E-state index contributed by atoms with van der Waals surface area (Å²) in [6, 6.07) is 5.65. The third-order valence-corrected chi connectivity index (χ3v) is 3.20. The summed E-state index contributed by atoms with van der Waals surface area (Å²) in [4.78, 5) is 18.1. The standard InChI is InChI=1S/C13H18N2O3/c1-17-12-7-3-6-11(14-12)15-8-4-5-10(9-15)13(16)18-2/h3,6-7,10H,4-5,8-9H2,1-2H3. The number of anilines is 1. The highest BCUT2D eigenvalue weighted by molar-refractivity contribution is 5.73. The molecule has 5 heteroatoms. The number of aromatic nitrogens is 1. The molecule has 1 aromatic heterocycles. The van der Waals surface area contributed by atoms with Crippen LogP contribution in [0.1, 0.15) is 12.8 Å². The Bertz CT molecular complexity index is 422. The molecule has 0 N–H and O–H groups in total. The van der Waals surface area contributed by atoms with Crippen molar-refractivity contribution in [2.75, 3.05) is 32.2 Å². The number of nitrogens with zero attached hydrogens (tertiary/aromatic N) is 2. The molecule has 1 aromatic rings. The minimum absolute atomic E-state index is 0.0586. The van der Waals surface area contributed by atoms with E-state index in [4.69, 9.17) is 9.47 Å². The maximum absolute atomic E-state index is 11.6. The summed E-state index contributed by atoms with van der Waals surface area (Å²) < 4.78 is 9.92. The van der Waals surface area contributed by atoms with Gasteiger partial charge in [-0.25, -0.2) is 0 Å². The monoisotopic (exact) mass is 250 g/mol. The van der Waals surface area contributed by atoms with Crippen LogP contribution in [0.4, 0.5) is 5.82 Å². The van der Waals surface area contributed by atoms with Gasteiger partial charge < -0.3 is 14.4 Å². The number of hydrogen-bond donors (Lipinski definition) is 0. The predicted octanol–water partition coefficient (Wildman–Crippen LogP) is 1.48. The molecule has 2 heterocycles. The summed E-state index contributed by atoms with van der Waals surface area (Å²) in [5.41, 5.74) is 0. The number of pyridine rings is 1. The van der Waals surface area contributed by atoms with Gasteiger partial charge in [-0.3, -0.25) is 4.79 Å². The molecule has 98 valence electrons. The fraction of sp³-hybridized carbons (Fsp3) is 0.538. The van der Waals surface area contributed by atoms with E-state index in [2.05, 4.69) is 9.88 Å². The van der Waals surface area contributed by atoms with Gasteiger partial charge in [-0.15, -0.1) is 0 Å². The smallest absolute Gasteiger partial charge is 0.310 e. The summed E-state index contributed by atoms with van der Waals surface area (Å²) in [6.07, 6.45) is 1.85. The zero-order valence-corrected chi connectivity index (χ0v) is 10.8. The second kappa shape index (κ2) is 5.71. The van der Waals surface area contributed by atoms with Crippen LogP contribution in [0.25, 0.3) is 0 Å². The molecular weight excluding hydrogens is 232 g/mol. The van der Waals surface area contributed by atoms with E-state index in [9.17, 15) is 4.79 Å². The minimum atomic E-state index is -0.136. The quantitative estimate of drug-likeness (QED) is 0.760. The minimum Gasteiger partial charge on any atom is -0.481 e. The van der Waals surface area contributed by atoms with E-state index in [1.807, 2.05) is 18.2 Å². The molecule has 5 nitrogen and oxygen atoms in total. The van der Waals surface area contributed by atoms with Crippen LogP contribution in [0.15, 0.2) is 18.2 Å². The average Bonchev–Trinajstić information content (AvgIpc) is 2.46. The van der Waals surface area contributed by atoms with Gasteiger partial charge in [0.05, 0.1) is 20.1 Å². The molecular formula is C13H18N2O3. The predicted molar refractivity (Wildman–Crippen MR) is 67.7 cm³/mol. The van der Waals surface area contributed by atoms with Crippen molar-refractivity contribution in [3.05, 3.63) is 18.2 Å². The molecule has 0 amide bonds. The van der Waals surface area contributed by atoms with Gasteiger partial charge >= 0.3 is 5.97 Å². The summed E-state index contributed by atoms with van der Waals surface area (Å²) >= 11 is 0. The molecule has 18 heavy (non-hydrogen) atoms. The fourth-order valence-electron chi connectivity index (χ4n) is 2.24. The summed E-state index contributed by atoms with van der Waals surface area (Å²) in [6.45, 7) is 1.57. The van der Waals surface area contributed by atoms with Crippen molar-refractivity contribution in [3.63, 3.8) is 0 Å². The van der Waals surface area contributed by atoms with E-state index in [-0.39, 0.29) is 11.9 Å². The number of piperidine rings is 1. The maximum atomic E-state index is 11.6. The molecule has 1 fully saturated rings. The highest BCUT2D eigenvalue weighted by Crippen LogP contribution is 2.23. The van der Waals surface area contributed by atoms with E-state index in [1.54, 1.807) is 7.11 Å². The zero-order chi connectivity index (χ0) is 13.0. The number of methoxy groups -OCH3 is 2. The van der Waals surface area contributed by atoms with Gasteiger partial charge in [-0.05, 0) is 18.9 Å². The normalized spacial score (nSPS) is 19.4. The Morgan fingerprint density at radius 3 is 3.00 bits per heavy atom. The Morgan fingerprint density at radius 2 is 2.28 bits per heavy atom. The third-order valence-electron chi connectivity index (χ3n) is 3.20. The third kappa shape index (κ3) is 2.72. The van der Waals surface area contributed by atoms with Gasteiger partial charge in [-0.2, -0.15) is 4.98 Å². The van der Waals surface area contributed by atoms with Crippen molar-refractivity contribution >= 4 is 11.8 Å². The van der Waals surface area contributed by atoms with E-state index in [0.717, 1.165) is 25.2 Å². The lowest BCUT2D eigenvalue weighted by molar-refractivity contribution is -0.145. The van der Waals surface area contributed by atoms with Crippen LogP contribution in [-0.4, -0.2) is 38.3 Å². The second-order valence-electron chi connectivity index (χ2n) is 4.35. The maximum Gasteiger partial charge on any atom is 0.310 e. The summed E-state index contributed by atoms with van der Waals surface area (Å²) in [5, 5.41) is 0. The summed E-state index contributed by atoms with van der Waals surface area (Å²) in [7, 11) is 3.03. The fourth-order valence-corrected chi connectivity index (χ4v) is 2.24. The van der Waals surface area contributed by atoms with Crippen LogP contribution in [-0.2, 0) is 9.53 Å². The van der Waals surface area contributed by atoms with Gasteiger partial charge in [0.2, 0.25) is 5.88 Å². The van der Waals surface area contributed by atoms with Gasteiger partial charge in [0.15, 0.2) is 0 Å². The van der Waals surface area contributed by atoms with Crippen molar-refractivity contribution < 1.29 is 14.3 Å². The lowest BCUT2D eigenvalue weighted by Gasteiger charge is -2.32. The van der Waals surface area contributed by atoms with E-state index in [0.29, 0.717) is 12.4 Å². The molecule has 1 aliphatic heterocycles. The molecule has 0 radical (unpaired) electrons. The molecule has 0 aromatic carbocycles. The molecule has 1 unspecified atom stereocenters. The van der Waals surface area contributed by atoms with Crippen LogP contribution in [0.3, 0.4) is 0 Å². The van der Waals surface area contributed by atoms with Crippen LogP contribution in [0.2, 0.25) is 0 Å². The first kappa shape index (κ1) is 12.7. The molecule has 0 spiro atoms. The van der Waals surface area contributed by atoms with E-state index >= 15 is 0 Å². The number of carbonyl (C=O) groups is 1. The highest BCUT2D eigenvalue weighted by atomic mass is 16.5. The first-order valence-electron chi connectivity index (χ1n) is 6.08. The molecule has 1 aliphatic rings. The molecule has 0 aliphatic carbocycles. The van der Waals surface area contributed by atoms with Crippen molar-refractivity contribution in [2.24, 2.45) is 5.92 Å². The SMILES string of the molecule is COC(=O)C1CCCN(c2cccc(OC)n2)C1. The largest absolute Gasteiger partial charge is 0.481 e. The summed E-state index contributed by atoms with van der Waals surface area (Å²) in [5.74, 6) is 1.25. The van der Waals surface area contributed by atoms with Gasteiger partial charge in [0, 0.05) is 19.2 Å². The average molecular weight is 250 g/mol. The first-order valence-corrected chi connectivity index (χ1v) is 6.08. The second-order valence-corrected chi connectivity index (χ2v) is 4.35. The zero-order valence-electron chi connectivity index (χ0n) is 10.8. The van der Waals surface area contributed by atoms with Gasteiger partial charge in [-0.1, -0.05) is 6.07 Å². The Balaban J connectivity index is 2.10. The number of esters is 1. The molecule has 1 saturated heterocycles. The number of ether oxygens (including phenoxy) is 2. The lowest BCUT2D eigenvalue weighted by atomic mass is 9.98. The van der Waals surface area contributed by atoms with Crippen molar-refractivity contribution in [1.29, 1.82) is 0 Å². The van der Waals surface area contributed by atoms with Crippen LogP contribution in [0, 0.1) is 5.92 Å². The molecule has 0 bridgehead atoms. The van der Waals surface area contributed by atoms with Crippen molar-refractivity contribution in [3.8, 4) is 5.88 Å². The Labute approximate surface area is 107 Å². The van der Waals surface area contributed by atoms with Crippen molar-refractivity contribution in [2.45, 2.75) is 12.8 Å². The first-order chi connectivity index (χ1) is 8.74. The molecule has 0 saturated carbocycles. The number of carbonyl (C=O) groups excluding carboxylic acids is 1. The van der Waals surface area contributed by atoms with E-state index < -0.39 is 0 Å². The van der Waals surface area contributed by atoms with Crippen LogP contribution in [0.5, 0.6) is 5.88 Å². The number of rotatable bonds is 3. The van der Waals surface area contributed by atoms with Crippen molar-refractivity contribution in [1.82, 2.24) is 4.98 Å². The van der Waals surface area contributed by atoms with Crippen LogP contribution < -0.4 is 9.64 Å². The lowest BCUT2D eigenvalue weighted by Crippen LogP contribution is -2.39. The number of hydrogen-bond acceptors (Lipinski definition) is 5. The van der Waals surface area contributed by atoms with Crippen LogP contribution >= 0.6 is 0 Å². The highest BCUT2D eigenvalue weighted by Gasteiger charge is 2.27. The molecule has 2 rings (SSSR count). The Morgan fingerprint density at radius 1 is 1.44 bits per heavy atom. The van der Waals surface area contributed by atoms with Gasteiger partial charge in [0.1, 0.15) is 5.82 Å². The Hall–Kier alpha value is -1.78. The topological polar surface area (TPSA) is 51.7 Å². The molecule has 1 atom stereocenters.